The van der Waals surface area contributed by atoms with E-state index in [1.165, 1.54) is 0 Å². The Balaban J connectivity index is 1.98. The molecule has 2 atom stereocenters. The summed E-state index contributed by atoms with van der Waals surface area (Å²) < 4.78 is 11.4. The second-order valence-corrected chi connectivity index (χ2v) is 4.52. The number of ether oxygens (including phenoxy) is 2. The van der Waals surface area contributed by atoms with Crippen molar-refractivity contribution < 1.29 is 19.4 Å². The van der Waals surface area contributed by atoms with E-state index < -0.39 is 6.09 Å². The summed E-state index contributed by atoms with van der Waals surface area (Å²) in [6.45, 7) is 0.928. The molecule has 1 fully saturated rings. The smallest absolute Gasteiger partial charge is 0.404 e. The lowest BCUT2D eigenvalue weighted by molar-refractivity contribution is -0.188. The van der Waals surface area contributed by atoms with Crippen molar-refractivity contribution in [3.05, 3.63) is 35.9 Å². The quantitative estimate of drug-likeness (QED) is 0.858. The summed E-state index contributed by atoms with van der Waals surface area (Å²) in [5.74, 6) is 0. The van der Waals surface area contributed by atoms with Gasteiger partial charge >= 0.3 is 6.09 Å². The van der Waals surface area contributed by atoms with Gasteiger partial charge in [-0.3, -0.25) is 0 Å². The van der Waals surface area contributed by atoms with E-state index in [1.807, 2.05) is 30.3 Å². The Bertz CT molecular complexity index is 390. The van der Waals surface area contributed by atoms with Crippen molar-refractivity contribution in [2.75, 3.05) is 13.2 Å². The van der Waals surface area contributed by atoms with Gasteiger partial charge in [0.1, 0.15) is 6.10 Å². The van der Waals surface area contributed by atoms with Gasteiger partial charge in [-0.15, -0.1) is 0 Å². The third-order valence-corrected chi connectivity index (χ3v) is 3.06. The van der Waals surface area contributed by atoms with Gasteiger partial charge in [0, 0.05) is 6.61 Å². The van der Waals surface area contributed by atoms with Crippen molar-refractivity contribution in [3.63, 3.8) is 0 Å². The topological polar surface area (TPSA) is 67.8 Å². The van der Waals surface area contributed by atoms with Gasteiger partial charge in [0.15, 0.2) is 6.29 Å². The zero-order chi connectivity index (χ0) is 13.5. The van der Waals surface area contributed by atoms with Crippen LogP contribution in [0.25, 0.3) is 0 Å². The van der Waals surface area contributed by atoms with Gasteiger partial charge in [-0.1, -0.05) is 30.3 Å². The molecule has 0 aliphatic carbocycles. The van der Waals surface area contributed by atoms with Crippen molar-refractivity contribution in [3.8, 4) is 0 Å². The van der Waals surface area contributed by atoms with E-state index in [4.69, 9.17) is 14.6 Å². The standard InChI is InChI=1S/C14H19NO4/c16-14(17)15-10-12(11-6-2-1-3-7-11)19-13-8-4-5-9-18-13/h1-3,6-7,12-13,15H,4-5,8-10H2,(H,16,17)/t12-,13?/m0/s1. The fourth-order valence-electron chi connectivity index (χ4n) is 2.09. The number of nitrogens with one attached hydrogen (secondary N) is 1. The van der Waals surface area contributed by atoms with Crippen molar-refractivity contribution >= 4 is 6.09 Å². The molecule has 0 bridgehead atoms. The van der Waals surface area contributed by atoms with E-state index in [0.29, 0.717) is 6.61 Å². The number of amides is 1. The fourth-order valence-corrected chi connectivity index (χ4v) is 2.09. The lowest BCUT2D eigenvalue weighted by Crippen LogP contribution is -2.32. The van der Waals surface area contributed by atoms with Gasteiger partial charge in [0.05, 0.1) is 6.54 Å². The Morgan fingerprint density at radius 3 is 2.84 bits per heavy atom. The van der Waals surface area contributed by atoms with Crippen LogP contribution >= 0.6 is 0 Å². The maximum atomic E-state index is 10.6. The van der Waals surface area contributed by atoms with Gasteiger partial charge in [0.25, 0.3) is 0 Å². The van der Waals surface area contributed by atoms with Crippen LogP contribution in [0.15, 0.2) is 30.3 Å². The summed E-state index contributed by atoms with van der Waals surface area (Å²) >= 11 is 0. The van der Waals surface area contributed by atoms with Gasteiger partial charge in [0.2, 0.25) is 0 Å². The summed E-state index contributed by atoms with van der Waals surface area (Å²) in [4.78, 5) is 10.6. The highest BCUT2D eigenvalue weighted by molar-refractivity contribution is 5.64. The summed E-state index contributed by atoms with van der Waals surface area (Å²) in [6.07, 6.45) is 1.39. The maximum absolute atomic E-state index is 10.6. The number of carbonyl (C=O) groups is 1. The fraction of sp³-hybridized carbons (Fsp3) is 0.500. The first kappa shape index (κ1) is 13.8. The molecule has 0 spiro atoms. The second kappa shape index (κ2) is 7.11. The van der Waals surface area contributed by atoms with Crippen LogP contribution in [-0.2, 0) is 9.47 Å². The van der Waals surface area contributed by atoms with Gasteiger partial charge in [-0.25, -0.2) is 4.79 Å². The highest BCUT2D eigenvalue weighted by Gasteiger charge is 2.21. The number of rotatable bonds is 5. The summed E-state index contributed by atoms with van der Waals surface area (Å²) in [5.41, 5.74) is 0.949. The number of benzene rings is 1. The Morgan fingerprint density at radius 1 is 1.42 bits per heavy atom. The Kier molecular flexibility index (Phi) is 5.18. The Labute approximate surface area is 112 Å². The third-order valence-electron chi connectivity index (χ3n) is 3.06. The van der Waals surface area contributed by atoms with Crippen molar-refractivity contribution in [2.24, 2.45) is 0 Å². The summed E-state index contributed by atoms with van der Waals surface area (Å²) in [7, 11) is 0. The molecule has 1 aromatic carbocycles. The number of hydrogen-bond acceptors (Lipinski definition) is 3. The highest BCUT2D eigenvalue weighted by atomic mass is 16.7. The molecule has 1 amide bonds. The monoisotopic (exact) mass is 265 g/mol. The molecule has 0 radical (unpaired) electrons. The molecular formula is C14H19NO4. The van der Waals surface area contributed by atoms with Crippen molar-refractivity contribution in [1.29, 1.82) is 0 Å². The minimum atomic E-state index is -1.05. The Hall–Kier alpha value is -1.59. The largest absolute Gasteiger partial charge is 0.465 e. The molecule has 19 heavy (non-hydrogen) atoms. The lowest BCUT2D eigenvalue weighted by atomic mass is 10.1. The van der Waals surface area contributed by atoms with E-state index in [-0.39, 0.29) is 18.9 Å². The normalized spacial score (nSPS) is 20.7. The average molecular weight is 265 g/mol. The predicted octanol–water partition coefficient (Wildman–Crippen LogP) is 2.54. The molecule has 1 unspecified atom stereocenters. The van der Waals surface area contributed by atoms with Crippen LogP contribution in [0.4, 0.5) is 4.79 Å². The molecule has 0 aromatic heterocycles. The minimum Gasteiger partial charge on any atom is -0.465 e. The molecule has 2 N–H and O–H groups in total. The van der Waals surface area contributed by atoms with Crippen molar-refractivity contribution in [2.45, 2.75) is 31.7 Å². The summed E-state index contributed by atoms with van der Waals surface area (Å²) in [5, 5.41) is 11.1. The Morgan fingerprint density at radius 2 is 2.21 bits per heavy atom. The van der Waals surface area contributed by atoms with Crippen LogP contribution < -0.4 is 5.32 Å². The zero-order valence-corrected chi connectivity index (χ0v) is 10.7. The third kappa shape index (κ3) is 4.54. The van der Waals surface area contributed by atoms with Crippen molar-refractivity contribution in [1.82, 2.24) is 5.32 Å². The molecule has 5 nitrogen and oxygen atoms in total. The highest BCUT2D eigenvalue weighted by Crippen LogP contribution is 2.23. The van der Waals surface area contributed by atoms with Crippen LogP contribution in [0.3, 0.4) is 0 Å². The minimum absolute atomic E-state index is 0.221. The first-order valence-corrected chi connectivity index (χ1v) is 6.54. The lowest BCUT2D eigenvalue weighted by Gasteiger charge is -2.28. The van der Waals surface area contributed by atoms with Gasteiger partial charge < -0.3 is 19.9 Å². The molecule has 1 aromatic rings. The van der Waals surface area contributed by atoms with E-state index in [2.05, 4.69) is 5.32 Å². The molecule has 104 valence electrons. The molecule has 1 aliphatic heterocycles. The van der Waals surface area contributed by atoms with Crippen LogP contribution in [0.5, 0.6) is 0 Å². The second-order valence-electron chi connectivity index (χ2n) is 4.52. The van der Waals surface area contributed by atoms with Crippen LogP contribution in [0, 0.1) is 0 Å². The average Bonchev–Trinajstić information content (AvgIpc) is 2.45. The molecule has 0 saturated carbocycles. The molecular weight excluding hydrogens is 246 g/mol. The molecule has 1 heterocycles. The predicted molar refractivity (Wildman–Crippen MR) is 69.9 cm³/mol. The van der Waals surface area contributed by atoms with Crippen LogP contribution in [0.1, 0.15) is 30.9 Å². The van der Waals surface area contributed by atoms with E-state index in [9.17, 15) is 4.79 Å². The maximum Gasteiger partial charge on any atom is 0.404 e. The number of carboxylic acid groups (broad SMARTS) is 1. The van der Waals surface area contributed by atoms with E-state index in [1.54, 1.807) is 0 Å². The summed E-state index contributed by atoms with van der Waals surface area (Å²) in [6, 6.07) is 9.60. The van der Waals surface area contributed by atoms with E-state index >= 15 is 0 Å². The SMILES string of the molecule is O=C(O)NC[C@H](OC1CCCCO1)c1ccccc1. The zero-order valence-electron chi connectivity index (χ0n) is 10.7. The van der Waals surface area contributed by atoms with Gasteiger partial charge in [-0.05, 0) is 24.8 Å². The van der Waals surface area contributed by atoms with Crippen LogP contribution in [-0.4, -0.2) is 30.6 Å². The van der Waals surface area contributed by atoms with E-state index in [0.717, 1.165) is 24.8 Å². The first-order valence-electron chi connectivity index (χ1n) is 6.54. The molecule has 1 aliphatic rings. The van der Waals surface area contributed by atoms with Crippen LogP contribution in [0.2, 0.25) is 0 Å². The molecule has 2 rings (SSSR count). The number of hydrogen-bond donors (Lipinski definition) is 2. The molecule has 5 heteroatoms. The molecule has 1 saturated heterocycles. The first-order chi connectivity index (χ1) is 9.25. The van der Waals surface area contributed by atoms with Gasteiger partial charge in [-0.2, -0.15) is 0 Å².